The van der Waals surface area contributed by atoms with Crippen LogP contribution in [0, 0.1) is 12.7 Å². The Morgan fingerprint density at radius 2 is 1.86 bits per heavy atom. The Balaban J connectivity index is 2.14. The third-order valence-electron chi connectivity index (χ3n) is 3.21. The first kappa shape index (κ1) is 15.8. The second-order valence-electron chi connectivity index (χ2n) is 4.83. The Bertz CT molecular complexity index is 688. The van der Waals surface area contributed by atoms with E-state index in [1.165, 1.54) is 18.2 Å². The monoisotopic (exact) mass is 325 g/mol. The summed E-state index contributed by atoms with van der Waals surface area (Å²) >= 11 is 11.8. The standard InChI is InChI=1S/C16H14Cl2FNO/c1-9-7-12(4-6-15(9)19)16(21)20-10(2)11-3-5-13(17)14(18)8-11/h3-8,10H,1-2H3,(H,20,21). The molecule has 21 heavy (non-hydrogen) atoms. The molecule has 5 heteroatoms. The number of nitrogens with one attached hydrogen (secondary N) is 1. The molecule has 2 rings (SSSR count). The number of carbonyl (C=O) groups excluding carboxylic acids is 1. The lowest BCUT2D eigenvalue weighted by atomic mass is 10.1. The molecule has 0 aliphatic heterocycles. The zero-order valence-corrected chi connectivity index (χ0v) is 13.1. The first-order chi connectivity index (χ1) is 9.88. The van der Waals surface area contributed by atoms with Crippen molar-refractivity contribution in [3.8, 4) is 0 Å². The highest BCUT2D eigenvalue weighted by Crippen LogP contribution is 2.25. The Morgan fingerprint density at radius 1 is 1.14 bits per heavy atom. The second-order valence-corrected chi connectivity index (χ2v) is 5.65. The van der Waals surface area contributed by atoms with E-state index in [1.54, 1.807) is 25.1 Å². The van der Waals surface area contributed by atoms with E-state index in [1.807, 2.05) is 6.92 Å². The molecular formula is C16H14Cl2FNO. The van der Waals surface area contributed by atoms with Crippen LogP contribution in [0.2, 0.25) is 10.0 Å². The molecule has 0 bridgehead atoms. The van der Waals surface area contributed by atoms with Crippen LogP contribution in [-0.4, -0.2) is 5.91 Å². The van der Waals surface area contributed by atoms with E-state index in [-0.39, 0.29) is 17.8 Å². The van der Waals surface area contributed by atoms with Gasteiger partial charge in [0.15, 0.2) is 0 Å². The van der Waals surface area contributed by atoms with Crippen LogP contribution < -0.4 is 5.32 Å². The fraction of sp³-hybridized carbons (Fsp3) is 0.188. The molecule has 1 unspecified atom stereocenters. The quantitative estimate of drug-likeness (QED) is 0.851. The summed E-state index contributed by atoms with van der Waals surface area (Å²) in [5.74, 6) is -0.597. The van der Waals surface area contributed by atoms with Crippen LogP contribution >= 0.6 is 23.2 Å². The molecule has 0 spiro atoms. The number of amides is 1. The fourth-order valence-corrected chi connectivity index (χ4v) is 2.24. The Hall–Kier alpha value is -1.58. The molecule has 1 N–H and O–H groups in total. The predicted octanol–water partition coefficient (Wildman–Crippen LogP) is 4.93. The summed E-state index contributed by atoms with van der Waals surface area (Å²) in [6.07, 6.45) is 0. The highest BCUT2D eigenvalue weighted by Gasteiger charge is 2.13. The number of benzene rings is 2. The van der Waals surface area contributed by atoms with Crippen molar-refractivity contribution in [2.45, 2.75) is 19.9 Å². The van der Waals surface area contributed by atoms with Gasteiger partial charge in [0.1, 0.15) is 5.82 Å². The number of hydrogen-bond acceptors (Lipinski definition) is 1. The molecule has 0 saturated heterocycles. The van der Waals surface area contributed by atoms with E-state index in [2.05, 4.69) is 5.32 Å². The molecule has 0 fully saturated rings. The van der Waals surface area contributed by atoms with Gasteiger partial charge >= 0.3 is 0 Å². The van der Waals surface area contributed by atoms with Gasteiger partial charge in [0.05, 0.1) is 16.1 Å². The highest BCUT2D eigenvalue weighted by atomic mass is 35.5. The maximum absolute atomic E-state index is 13.2. The Kier molecular flexibility index (Phi) is 4.86. The van der Waals surface area contributed by atoms with Gasteiger partial charge in [-0.3, -0.25) is 4.79 Å². The molecule has 2 nitrogen and oxygen atoms in total. The van der Waals surface area contributed by atoms with Crippen LogP contribution in [0.15, 0.2) is 36.4 Å². The van der Waals surface area contributed by atoms with E-state index < -0.39 is 0 Å². The molecule has 0 radical (unpaired) electrons. The lowest BCUT2D eigenvalue weighted by Gasteiger charge is -2.15. The summed E-state index contributed by atoms with van der Waals surface area (Å²) < 4.78 is 13.2. The van der Waals surface area contributed by atoms with Crippen LogP contribution in [0.1, 0.15) is 34.5 Å². The second kappa shape index (κ2) is 6.46. The molecule has 1 amide bonds. The van der Waals surface area contributed by atoms with E-state index in [9.17, 15) is 9.18 Å². The summed E-state index contributed by atoms with van der Waals surface area (Å²) in [4.78, 5) is 12.2. The Morgan fingerprint density at radius 3 is 2.48 bits per heavy atom. The van der Waals surface area contributed by atoms with Gasteiger partial charge in [-0.1, -0.05) is 29.3 Å². The molecule has 1 atom stereocenters. The third-order valence-corrected chi connectivity index (χ3v) is 3.95. The molecule has 0 aliphatic rings. The molecular weight excluding hydrogens is 312 g/mol. The van der Waals surface area contributed by atoms with Gasteiger partial charge in [-0.2, -0.15) is 0 Å². The lowest BCUT2D eigenvalue weighted by molar-refractivity contribution is 0.0939. The van der Waals surface area contributed by atoms with Crippen LogP contribution in [0.25, 0.3) is 0 Å². The maximum atomic E-state index is 13.2. The van der Waals surface area contributed by atoms with Crippen LogP contribution in [-0.2, 0) is 0 Å². The predicted molar refractivity (Wildman–Crippen MR) is 83.5 cm³/mol. The topological polar surface area (TPSA) is 29.1 Å². The average molecular weight is 326 g/mol. The van der Waals surface area contributed by atoms with Crippen molar-refractivity contribution >= 4 is 29.1 Å². The summed E-state index contributed by atoms with van der Waals surface area (Å²) in [6, 6.07) is 9.22. The third kappa shape index (κ3) is 3.74. The van der Waals surface area contributed by atoms with Crippen molar-refractivity contribution in [1.82, 2.24) is 5.32 Å². The van der Waals surface area contributed by atoms with E-state index >= 15 is 0 Å². The number of aryl methyl sites for hydroxylation is 1. The van der Waals surface area contributed by atoms with E-state index in [0.29, 0.717) is 21.2 Å². The minimum atomic E-state index is -0.330. The van der Waals surface area contributed by atoms with E-state index in [4.69, 9.17) is 23.2 Å². The molecule has 2 aromatic carbocycles. The van der Waals surface area contributed by atoms with Crippen LogP contribution in [0.5, 0.6) is 0 Å². The van der Waals surface area contributed by atoms with Gasteiger partial charge < -0.3 is 5.32 Å². The van der Waals surface area contributed by atoms with Crippen LogP contribution in [0.4, 0.5) is 4.39 Å². The molecule has 110 valence electrons. The molecule has 0 aromatic heterocycles. The number of hydrogen-bond donors (Lipinski definition) is 1. The SMILES string of the molecule is Cc1cc(C(=O)NC(C)c2ccc(Cl)c(Cl)c2)ccc1F. The van der Waals surface area contributed by atoms with Crippen molar-refractivity contribution in [3.05, 3.63) is 69.0 Å². The zero-order chi connectivity index (χ0) is 15.6. The molecule has 0 aliphatic carbocycles. The first-order valence-electron chi connectivity index (χ1n) is 6.40. The summed E-state index contributed by atoms with van der Waals surface area (Å²) in [5, 5.41) is 3.75. The van der Waals surface area contributed by atoms with E-state index in [0.717, 1.165) is 5.56 Å². The van der Waals surface area contributed by atoms with Gasteiger partial charge in [-0.25, -0.2) is 4.39 Å². The van der Waals surface area contributed by atoms with Gasteiger partial charge in [-0.05, 0) is 55.3 Å². The summed E-state index contributed by atoms with van der Waals surface area (Å²) in [5.41, 5.74) is 1.70. The first-order valence-corrected chi connectivity index (χ1v) is 7.16. The smallest absolute Gasteiger partial charge is 0.251 e. The Labute approximate surface area is 132 Å². The van der Waals surface area contributed by atoms with Crippen molar-refractivity contribution in [2.75, 3.05) is 0 Å². The number of carbonyl (C=O) groups is 1. The number of halogens is 3. The number of rotatable bonds is 3. The minimum Gasteiger partial charge on any atom is -0.346 e. The van der Waals surface area contributed by atoms with Gasteiger partial charge in [0.25, 0.3) is 5.91 Å². The van der Waals surface area contributed by atoms with Crippen molar-refractivity contribution < 1.29 is 9.18 Å². The minimum absolute atomic E-state index is 0.238. The van der Waals surface area contributed by atoms with Crippen molar-refractivity contribution in [3.63, 3.8) is 0 Å². The molecule has 0 heterocycles. The van der Waals surface area contributed by atoms with Crippen molar-refractivity contribution in [1.29, 1.82) is 0 Å². The maximum Gasteiger partial charge on any atom is 0.251 e. The average Bonchev–Trinajstić information content (AvgIpc) is 2.44. The summed E-state index contributed by atoms with van der Waals surface area (Å²) in [6.45, 7) is 3.46. The fourth-order valence-electron chi connectivity index (χ4n) is 1.93. The lowest BCUT2D eigenvalue weighted by Crippen LogP contribution is -2.26. The molecule has 0 saturated carbocycles. The van der Waals surface area contributed by atoms with Gasteiger partial charge in [0, 0.05) is 5.56 Å². The molecule has 2 aromatic rings. The van der Waals surface area contributed by atoms with Crippen molar-refractivity contribution in [2.24, 2.45) is 0 Å². The largest absolute Gasteiger partial charge is 0.346 e. The summed E-state index contributed by atoms with van der Waals surface area (Å²) in [7, 11) is 0. The van der Waals surface area contributed by atoms with Gasteiger partial charge in [0.2, 0.25) is 0 Å². The van der Waals surface area contributed by atoms with Gasteiger partial charge in [-0.15, -0.1) is 0 Å². The highest BCUT2D eigenvalue weighted by molar-refractivity contribution is 6.42. The van der Waals surface area contributed by atoms with Crippen LogP contribution in [0.3, 0.4) is 0 Å². The normalized spacial score (nSPS) is 12.0. The zero-order valence-electron chi connectivity index (χ0n) is 11.6.